The molecule has 0 saturated heterocycles. The number of rotatable bonds is 5. The largest absolute Gasteiger partial charge is 0.436 e. The van der Waals surface area contributed by atoms with Crippen LogP contribution in [0.5, 0.6) is 0 Å². The van der Waals surface area contributed by atoms with Crippen LogP contribution in [0.4, 0.5) is 0 Å². The minimum atomic E-state index is 0.547. The summed E-state index contributed by atoms with van der Waals surface area (Å²) in [4.78, 5) is 24.3. The Morgan fingerprint density at radius 3 is 1.43 bits per heavy atom. The fourth-order valence-corrected chi connectivity index (χ4v) is 5.97. The standard InChI is InChI=1S/C41H25N5O/c1-3-11-26(12-4-1)38-44-39(27-13-5-2-6-14-27)46-40(45-38)32-18-10-17-30(24-32)28-15-9-16-29(23-28)31-21-22-36-33(25-31)37-41(47-36)43-35-20-8-7-19-34(35)42-37/h1-25H. The van der Waals surface area contributed by atoms with Crippen molar-refractivity contribution < 1.29 is 4.42 Å². The highest BCUT2D eigenvalue weighted by atomic mass is 16.3. The molecule has 6 nitrogen and oxygen atoms in total. The Balaban J connectivity index is 1.11. The summed E-state index contributed by atoms with van der Waals surface area (Å²) in [5.41, 5.74) is 10.9. The summed E-state index contributed by atoms with van der Waals surface area (Å²) in [6.45, 7) is 0. The summed E-state index contributed by atoms with van der Waals surface area (Å²) in [6, 6.07) is 51.1. The minimum absolute atomic E-state index is 0.547. The molecule has 0 aliphatic heterocycles. The molecule has 6 aromatic carbocycles. The SMILES string of the molecule is c1ccc(-c2nc(-c3ccccc3)nc(-c3cccc(-c4cccc(-c5ccc6oc7nc8ccccc8nc7c6c5)c4)c3)n2)cc1. The number of hydrogen-bond donors (Lipinski definition) is 0. The summed E-state index contributed by atoms with van der Waals surface area (Å²) in [7, 11) is 0. The summed E-state index contributed by atoms with van der Waals surface area (Å²) in [5, 5.41) is 0.946. The number of fused-ring (bicyclic) bond motifs is 4. The summed E-state index contributed by atoms with van der Waals surface area (Å²) < 4.78 is 6.08. The maximum atomic E-state index is 6.08. The molecular formula is C41H25N5O. The van der Waals surface area contributed by atoms with Gasteiger partial charge in [0.2, 0.25) is 5.71 Å². The first-order chi connectivity index (χ1) is 23.2. The van der Waals surface area contributed by atoms with Gasteiger partial charge in [-0.1, -0.05) is 115 Å². The molecule has 6 heteroatoms. The molecule has 0 N–H and O–H groups in total. The Bertz CT molecular complexity index is 2520. The van der Waals surface area contributed by atoms with Gasteiger partial charge in [-0.2, -0.15) is 0 Å². The van der Waals surface area contributed by atoms with E-state index in [2.05, 4.69) is 60.7 Å². The Hall–Kier alpha value is -6.53. The number of hydrogen-bond acceptors (Lipinski definition) is 6. The number of aromatic nitrogens is 5. The number of para-hydroxylation sites is 2. The summed E-state index contributed by atoms with van der Waals surface area (Å²) >= 11 is 0. The van der Waals surface area contributed by atoms with Gasteiger partial charge in [0.1, 0.15) is 11.1 Å². The van der Waals surface area contributed by atoms with Crippen LogP contribution in [0.2, 0.25) is 0 Å². The van der Waals surface area contributed by atoms with Crippen molar-refractivity contribution in [1.82, 2.24) is 24.9 Å². The first-order valence-corrected chi connectivity index (χ1v) is 15.4. The summed E-state index contributed by atoms with van der Waals surface area (Å²) in [6.07, 6.45) is 0. The van der Waals surface area contributed by atoms with Crippen LogP contribution in [0, 0.1) is 0 Å². The smallest absolute Gasteiger partial charge is 0.246 e. The van der Waals surface area contributed by atoms with Gasteiger partial charge in [0.05, 0.1) is 11.0 Å². The molecule has 0 fully saturated rings. The zero-order valence-electron chi connectivity index (χ0n) is 25.1. The summed E-state index contributed by atoms with van der Waals surface area (Å²) in [5.74, 6) is 1.91. The van der Waals surface area contributed by atoms with E-state index in [1.54, 1.807) is 0 Å². The monoisotopic (exact) mass is 603 g/mol. The Morgan fingerprint density at radius 1 is 0.340 bits per heavy atom. The van der Waals surface area contributed by atoms with Gasteiger partial charge in [0.15, 0.2) is 17.5 Å². The average Bonchev–Trinajstić information content (AvgIpc) is 3.51. The number of furan rings is 1. The van der Waals surface area contributed by atoms with Gasteiger partial charge in [-0.3, -0.25) is 0 Å². The lowest BCUT2D eigenvalue weighted by atomic mass is 9.97. The van der Waals surface area contributed by atoms with Crippen molar-refractivity contribution in [2.45, 2.75) is 0 Å². The number of benzene rings is 6. The van der Waals surface area contributed by atoms with E-state index in [1.807, 2.05) is 91.0 Å². The molecular weight excluding hydrogens is 578 g/mol. The lowest BCUT2D eigenvalue weighted by molar-refractivity contribution is 0.655. The van der Waals surface area contributed by atoms with E-state index in [4.69, 9.17) is 29.3 Å². The Labute approximate surface area is 270 Å². The van der Waals surface area contributed by atoms with Crippen molar-refractivity contribution in [1.29, 1.82) is 0 Å². The third-order valence-corrected chi connectivity index (χ3v) is 8.33. The molecule has 9 rings (SSSR count). The third-order valence-electron chi connectivity index (χ3n) is 8.33. The highest BCUT2D eigenvalue weighted by Crippen LogP contribution is 2.34. The first-order valence-electron chi connectivity index (χ1n) is 15.4. The van der Waals surface area contributed by atoms with Crippen LogP contribution in [0.1, 0.15) is 0 Å². The van der Waals surface area contributed by atoms with Crippen LogP contribution in [-0.2, 0) is 0 Å². The highest BCUT2D eigenvalue weighted by Gasteiger charge is 2.15. The van der Waals surface area contributed by atoms with Gasteiger partial charge in [0, 0.05) is 22.1 Å². The normalized spacial score (nSPS) is 11.4. The van der Waals surface area contributed by atoms with Crippen molar-refractivity contribution in [3.05, 3.63) is 152 Å². The van der Waals surface area contributed by atoms with E-state index in [0.29, 0.717) is 23.2 Å². The molecule has 3 heterocycles. The molecule has 0 radical (unpaired) electrons. The maximum absolute atomic E-state index is 6.08. The van der Waals surface area contributed by atoms with Gasteiger partial charge in [-0.15, -0.1) is 0 Å². The third kappa shape index (κ3) is 4.98. The molecule has 0 spiro atoms. The fraction of sp³-hybridized carbons (Fsp3) is 0. The lowest BCUT2D eigenvalue weighted by Crippen LogP contribution is -2.00. The van der Waals surface area contributed by atoms with E-state index < -0.39 is 0 Å². The van der Waals surface area contributed by atoms with Gasteiger partial charge in [-0.05, 0) is 58.7 Å². The van der Waals surface area contributed by atoms with Gasteiger partial charge < -0.3 is 4.42 Å². The average molecular weight is 604 g/mol. The van der Waals surface area contributed by atoms with Crippen LogP contribution >= 0.6 is 0 Å². The van der Waals surface area contributed by atoms with E-state index in [1.165, 1.54) is 0 Å². The van der Waals surface area contributed by atoms with Crippen molar-refractivity contribution in [2.75, 3.05) is 0 Å². The van der Waals surface area contributed by atoms with Crippen LogP contribution in [0.15, 0.2) is 156 Å². The second-order valence-electron chi connectivity index (χ2n) is 11.4. The van der Waals surface area contributed by atoms with Crippen molar-refractivity contribution >= 4 is 33.2 Å². The van der Waals surface area contributed by atoms with E-state index in [9.17, 15) is 0 Å². The molecule has 47 heavy (non-hydrogen) atoms. The second-order valence-corrected chi connectivity index (χ2v) is 11.4. The minimum Gasteiger partial charge on any atom is -0.436 e. The fourth-order valence-electron chi connectivity index (χ4n) is 5.97. The molecule has 220 valence electrons. The van der Waals surface area contributed by atoms with Gasteiger partial charge in [0.25, 0.3) is 0 Å². The maximum Gasteiger partial charge on any atom is 0.246 e. The zero-order chi connectivity index (χ0) is 31.2. The molecule has 9 aromatic rings. The van der Waals surface area contributed by atoms with Crippen molar-refractivity contribution in [2.24, 2.45) is 0 Å². The molecule has 0 saturated carbocycles. The van der Waals surface area contributed by atoms with Crippen LogP contribution < -0.4 is 0 Å². The number of nitrogens with zero attached hydrogens (tertiary/aromatic N) is 5. The molecule has 0 amide bonds. The Morgan fingerprint density at radius 2 is 0.809 bits per heavy atom. The van der Waals surface area contributed by atoms with E-state index in [0.717, 1.165) is 66.5 Å². The molecule has 0 aliphatic carbocycles. The van der Waals surface area contributed by atoms with Crippen LogP contribution in [0.3, 0.4) is 0 Å². The lowest BCUT2D eigenvalue weighted by Gasteiger charge is -2.10. The van der Waals surface area contributed by atoms with Crippen LogP contribution in [0.25, 0.3) is 89.7 Å². The molecule has 0 unspecified atom stereocenters. The van der Waals surface area contributed by atoms with Crippen molar-refractivity contribution in [3.8, 4) is 56.4 Å². The second kappa shape index (κ2) is 11.1. The highest BCUT2D eigenvalue weighted by molar-refractivity contribution is 6.05. The van der Waals surface area contributed by atoms with Gasteiger partial charge >= 0.3 is 0 Å². The topological polar surface area (TPSA) is 77.6 Å². The van der Waals surface area contributed by atoms with Crippen LogP contribution in [-0.4, -0.2) is 24.9 Å². The first kappa shape index (κ1) is 26.8. The quantitative estimate of drug-likeness (QED) is 0.195. The molecule has 0 aliphatic rings. The van der Waals surface area contributed by atoms with Crippen molar-refractivity contribution in [3.63, 3.8) is 0 Å². The van der Waals surface area contributed by atoms with E-state index >= 15 is 0 Å². The predicted molar refractivity (Wildman–Crippen MR) is 187 cm³/mol. The molecule has 0 bridgehead atoms. The zero-order valence-corrected chi connectivity index (χ0v) is 25.1. The van der Waals surface area contributed by atoms with E-state index in [-0.39, 0.29) is 0 Å². The molecule has 0 atom stereocenters. The Kier molecular flexibility index (Phi) is 6.35. The van der Waals surface area contributed by atoms with Gasteiger partial charge in [-0.25, -0.2) is 24.9 Å². The molecule has 3 aromatic heterocycles. The predicted octanol–water partition coefficient (Wildman–Crippen LogP) is 10.0.